The van der Waals surface area contributed by atoms with Gasteiger partial charge in [0.05, 0.1) is 55.0 Å². The van der Waals surface area contributed by atoms with E-state index < -0.39 is 18.2 Å². The maximum atomic E-state index is 12.8. The van der Waals surface area contributed by atoms with Crippen molar-refractivity contribution in [3.63, 3.8) is 0 Å². The van der Waals surface area contributed by atoms with E-state index in [2.05, 4.69) is 0 Å². The number of aliphatic hydroxyl groups is 2. The molecule has 0 spiro atoms. The van der Waals surface area contributed by atoms with E-state index >= 15 is 0 Å². The normalized spacial score (nSPS) is 17.8. The van der Waals surface area contributed by atoms with Crippen LogP contribution in [0.25, 0.3) is 21.9 Å². The fraction of sp³-hybridized carbons (Fsp3) is 0.444. The van der Waals surface area contributed by atoms with Crippen LogP contribution in [0.5, 0.6) is 0 Å². The van der Waals surface area contributed by atoms with E-state index in [1.165, 1.54) is 31.2 Å². The number of carboxylic acids is 1. The summed E-state index contributed by atoms with van der Waals surface area (Å²) in [6.07, 6.45) is 0.170. The molecular weight excluding hydrogens is 650 g/mol. The van der Waals surface area contributed by atoms with Crippen LogP contribution in [-0.4, -0.2) is 97.8 Å². The molecule has 4 aromatic rings. The lowest BCUT2D eigenvalue weighted by Crippen LogP contribution is -2.36. The summed E-state index contributed by atoms with van der Waals surface area (Å²) in [5.41, 5.74) is 1.13. The summed E-state index contributed by atoms with van der Waals surface area (Å²) in [5, 5.41) is 29.8. The fourth-order valence-electron chi connectivity index (χ4n) is 6.39. The first kappa shape index (κ1) is 35.1. The Morgan fingerprint density at radius 3 is 1.48 bits per heavy atom. The van der Waals surface area contributed by atoms with Gasteiger partial charge in [0, 0.05) is 68.1 Å². The molecule has 2 aromatic heterocycles. The highest BCUT2D eigenvalue weighted by Crippen LogP contribution is 2.30. The molecule has 3 N–H and O–H groups in total. The van der Waals surface area contributed by atoms with Gasteiger partial charge in [-0.3, -0.25) is 14.4 Å². The zero-order chi connectivity index (χ0) is 35.5. The Morgan fingerprint density at radius 1 is 0.640 bits per heavy atom. The summed E-state index contributed by atoms with van der Waals surface area (Å²) in [5.74, 6) is -0.398. The average molecular weight is 692 g/mol. The van der Waals surface area contributed by atoms with Crippen LogP contribution in [0.2, 0.25) is 0 Å². The number of carbonyl (C=O) groups excluding carboxylic acids is 1. The first-order chi connectivity index (χ1) is 24.0. The number of amides is 1. The largest absolute Gasteiger partial charge is 0.478 e. The van der Waals surface area contributed by atoms with Gasteiger partial charge in [-0.2, -0.15) is 0 Å². The van der Waals surface area contributed by atoms with E-state index in [9.17, 15) is 29.4 Å². The third-order valence-corrected chi connectivity index (χ3v) is 9.12. The molecule has 0 saturated carbocycles. The summed E-state index contributed by atoms with van der Waals surface area (Å²) in [6, 6.07) is 8.67. The first-order valence-corrected chi connectivity index (χ1v) is 16.8. The van der Waals surface area contributed by atoms with Crippen LogP contribution in [0.4, 0.5) is 11.8 Å². The Bertz CT molecular complexity index is 2000. The number of carbonyl (C=O) groups is 2. The summed E-state index contributed by atoms with van der Waals surface area (Å²) in [7, 11) is 0. The Hall–Kier alpha value is -4.76. The number of hydrogen-bond donors (Lipinski definition) is 3. The van der Waals surface area contributed by atoms with Gasteiger partial charge < -0.3 is 48.3 Å². The lowest BCUT2D eigenvalue weighted by Gasteiger charge is -2.27. The monoisotopic (exact) mass is 691 g/mol. The van der Waals surface area contributed by atoms with Gasteiger partial charge in [0.1, 0.15) is 11.2 Å². The van der Waals surface area contributed by atoms with Crippen molar-refractivity contribution in [1.82, 2.24) is 4.90 Å². The molecular formula is C36H41N3O11. The Balaban J connectivity index is 0.000000175. The van der Waals surface area contributed by atoms with Gasteiger partial charge >= 0.3 is 5.97 Å². The van der Waals surface area contributed by atoms with Crippen LogP contribution in [0.15, 0.2) is 54.8 Å². The molecule has 3 aliphatic rings. The van der Waals surface area contributed by atoms with Gasteiger partial charge in [0.2, 0.25) is 0 Å². The van der Waals surface area contributed by atoms with E-state index in [-0.39, 0.29) is 38.9 Å². The van der Waals surface area contributed by atoms with E-state index in [0.717, 1.165) is 25.9 Å². The van der Waals surface area contributed by atoms with E-state index in [1.54, 1.807) is 24.0 Å². The van der Waals surface area contributed by atoms with Crippen molar-refractivity contribution in [2.24, 2.45) is 0 Å². The van der Waals surface area contributed by atoms with Crippen molar-refractivity contribution < 1.29 is 43.2 Å². The lowest BCUT2D eigenvalue weighted by molar-refractivity contribution is 0.0696. The molecule has 5 heterocycles. The van der Waals surface area contributed by atoms with Crippen molar-refractivity contribution in [1.29, 1.82) is 0 Å². The SMILES string of the molecule is CC(O)c1cc(C(=O)N2CCCC2)cc2c(=O)cc(N3CCOCC3)oc12.CC(O)c1cc(C(=O)O)cc2c(=O)cc(N3CCOCC3)oc12. The number of rotatable bonds is 6. The second-order valence-electron chi connectivity index (χ2n) is 12.6. The van der Waals surface area contributed by atoms with Crippen LogP contribution >= 0.6 is 0 Å². The number of nitrogens with zero attached hydrogens (tertiary/aromatic N) is 3. The Labute approximate surface area is 287 Å². The van der Waals surface area contributed by atoms with Crippen molar-refractivity contribution >= 4 is 45.6 Å². The third-order valence-electron chi connectivity index (χ3n) is 9.12. The highest BCUT2D eigenvalue weighted by atomic mass is 16.5. The standard InChI is InChI=1S/C20H24N2O5.C16H17NO6/c1-13(23)15-10-14(20(25)22-4-2-3-5-22)11-16-17(24)12-18(27-19(15)16)21-6-8-26-9-7-21;1-9(18)11-6-10(16(20)21)7-12-13(19)8-14(23-15(11)12)17-2-4-22-5-3-17/h10-13,23H,2-9H2,1H3;6-9,18H,2-5H2,1H3,(H,20,21). The first-order valence-electron chi connectivity index (χ1n) is 16.8. The lowest BCUT2D eigenvalue weighted by atomic mass is 10.0. The molecule has 3 fully saturated rings. The molecule has 7 rings (SSSR count). The molecule has 266 valence electrons. The van der Waals surface area contributed by atoms with E-state index in [1.807, 2.05) is 9.80 Å². The van der Waals surface area contributed by atoms with Gasteiger partial charge in [-0.25, -0.2) is 4.79 Å². The van der Waals surface area contributed by atoms with Crippen molar-refractivity contribution in [2.45, 2.75) is 38.9 Å². The van der Waals surface area contributed by atoms with Crippen molar-refractivity contribution in [3.8, 4) is 0 Å². The number of likely N-dealkylation sites (tertiary alicyclic amines) is 1. The molecule has 2 atom stereocenters. The number of aromatic carboxylic acids is 1. The van der Waals surface area contributed by atoms with Crippen LogP contribution in [0.1, 0.15) is 70.7 Å². The van der Waals surface area contributed by atoms with Crippen LogP contribution in [0.3, 0.4) is 0 Å². The number of anilines is 2. The van der Waals surface area contributed by atoms with Gasteiger partial charge in [-0.1, -0.05) is 0 Å². The Kier molecular flexibility index (Phi) is 10.5. The number of carboxylic acid groups (broad SMARTS) is 1. The summed E-state index contributed by atoms with van der Waals surface area (Å²) >= 11 is 0. The Morgan fingerprint density at radius 2 is 1.06 bits per heavy atom. The minimum absolute atomic E-state index is 0.0557. The van der Waals surface area contributed by atoms with Crippen LogP contribution < -0.4 is 20.7 Å². The average Bonchev–Trinajstić information content (AvgIpc) is 3.67. The number of fused-ring (bicyclic) bond motifs is 2. The summed E-state index contributed by atoms with van der Waals surface area (Å²) in [6.45, 7) is 9.30. The summed E-state index contributed by atoms with van der Waals surface area (Å²) < 4.78 is 22.5. The van der Waals surface area contributed by atoms with Crippen molar-refractivity contribution in [2.75, 3.05) is 75.5 Å². The summed E-state index contributed by atoms with van der Waals surface area (Å²) in [4.78, 5) is 54.8. The maximum Gasteiger partial charge on any atom is 0.335 e. The topological polar surface area (TPSA) is 183 Å². The molecule has 0 bridgehead atoms. The number of aliphatic hydroxyl groups excluding tert-OH is 2. The highest BCUT2D eigenvalue weighted by Gasteiger charge is 2.25. The van der Waals surface area contributed by atoms with Gasteiger partial charge in [0.25, 0.3) is 5.91 Å². The number of hydrogen-bond acceptors (Lipinski definition) is 12. The van der Waals surface area contributed by atoms with E-state index in [4.69, 9.17) is 23.4 Å². The predicted molar refractivity (Wildman–Crippen MR) is 184 cm³/mol. The number of benzene rings is 2. The zero-order valence-electron chi connectivity index (χ0n) is 28.1. The molecule has 0 aliphatic carbocycles. The molecule has 0 radical (unpaired) electrons. The molecule has 14 nitrogen and oxygen atoms in total. The molecule has 2 unspecified atom stereocenters. The smallest absolute Gasteiger partial charge is 0.335 e. The van der Waals surface area contributed by atoms with Gasteiger partial charge in [-0.15, -0.1) is 0 Å². The molecule has 3 aliphatic heterocycles. The molecule has 2 aromatic carbocycles. The zero-order valence-corrected chi connectivity index (χ0v) is 28.1. The number of ether oxygens (including phenoxy) is 2. The van der Waals surface area contributed by atoms with Gasteiger partial charge in [0.15, 0.2) is 22.6 Å². The second kappa shape index (κ2) is 15.0. The quantitative estimate of drug-likeness (QED) is 0.268. The van der Waals surface area contributed by atoms with Crippen LogP contribution in [0, 0.1) is 0 Å². The fourth-order valence-corrected chi connectivity index (χ4v) is 6.39. The van der Waals surface area contributed by atoms with Gasteiger partial charge in [-0.05, 0) is 51.0 Å². The van der Waals surface area contributed by atoms with E-state index in [0.29, 0.717) is 86.5 Å². The minimum Gasteiger partial charge on any atom is -0.478 e. The van der Waals surface area contributed by atoms with Crippen molar-refractivity contribution in [3.05, 3.63) is 79.1 Å². The molecule has 1 amide bonds. The molecule has 14 heteroatoms. The third kappa shape index (κ3) is 7.38. The van der Waals surface area contributed by atoms with Crippen LogP contribution in [-0.2, 0) is 9.47 Å². The predicted octanol–water partition coefficient (Wildman–Crippen LogP) is 3.30. The second-order valence-corrected chi connectivity index (χ2v) is 12.6. The highest BCUT2D eigenvalue weighted by molar-refractivity contribution is 5.99. The maximum absolute atomic E-state index is 12.8. The molecule has 50 heavy (non-hydrogen) atoms. The molecule has 3 saturated heterocycles. The minimum atomic E-state index is -1.16. The number of morpholine rings is 2.